The van der Waals surface area contributed by atoms with E-state index in [1.807, 2.05) is 17.0 Å². The van der Waals surface area contributed by atoms with E-state index in [4.69, 9.17) is 23.2 Å². The van der Waals surface area contributed by atoms with Gasteiger partial charge in [-0.15, -0.1) is 0 Å². The van der Waals surface area contributed by atoms with Crippen molar-refractivity contribution in [3.8, 4) is 11.1 Å². The van der Waals surface area contributed by atoms with Crippen LogP contribution in [0.3, 0.4) is 0 Å². The number of hydrogen-bond acceptors (Lipinski definition) is 4. The molecular weight excluding hydrogens is 555 g/mol. The first kappa shape index (κ1) is 26.8. The summed E-state index contributed by atoms with van der Waals surface area (Å²) in [6.07, 6.45) is 8.55. The first-order valence-corrected chi connectivity index (χ1v) is 15.9. The number of rotatable bonds is 6. The van der Waals surface area contributed by atoms with E-state index in [9.17, 15) is 13.2 Å². The van der Waals surface area contributed by atoms with E-state index in [0.29, 0.717) is 34.5 Å². The van der Waals surface area contributed by atoms with Crippen LogP contribution in [0.5, 0.6) is 0 Å². The normalized spacial score (nSPS) is 22.3. The molecular formula is C29H32Cl2N4O3S. The molecule has 2 atom stereocenters. The van der Waals surface area contributed by atoms with E-state index in [-0.39, 0.29) is 17.9 Å². The molecule has 0 bridgehead atoms. The van der Waals surface area contributed by atoms with Gasteiger partial charge in [0.1, 0.15) is 0 Å². The molecule has 0 radical (unpaired) electrons. The highest BCUT2D eigenvalue weighted by atomic mass is 35.5. The molecule has 2 aromatic carbocycles. The summed E-state index contributed by atoms with van der Waals surface area (Å²) in [4.78, 5) is 23.3. The van der Waals surface area contributed by atoms with Crippen LogP contribution in [0, 0.1) is 5.92 Å². The van der Waals surface area contributed by atoms with Crippen LogP contribution in [0.4, 0.5) is 0 Å². The summed E-state index contributed by atoms with van der Waals surface area (Å²) in [5.74, 6) is 0.0259. The summed E-state index contributed by atoms with van der Waals surface area (Å²) in [5.41, 5.74) is 4.69. The van der Waals surface area contributed by atoms with Crippen LogP contribution >= 0.6 is 23.2 Å². The van der Waals surface area contributed by atoms with Crippen LogP contribution in [0.15, 0.2) is 47.6 Å². The van der Waals surface area contributed by atoms with Crippen molar-refractivity contribution >= 4 is 39.1 Å². The number of fused-ring (bicyclic) bond motifs is 1. The zero-order valence-electron chi connectivity index (χ0n) is 21.7. The summed E-state index contributed by atoms with van der Waals surface area (Å²) in [5, 5.41) is 1.04. The van der Waals surface area contributed by atoms with E-state index < -0.39 is 10.0 Å². The predicted octanol–water partition coefficient (Wildman–Crippen LogP) is 5.51. The molecule has 1 amide bonds. The summed E-state index contributed by atoms with van der Waals surface area (Å²) < 4.78 is 27.6. The van der Waals surface area contributed by atoms with Gasteiger partial charge in [0.15, 0.2) is 0 Å². The van der Waals surface area contributed by atoms with Gasteiger partial charge in [-0.2, -0.15) is 4.31 Å². The summed E-state index contributed by atoms with van der Waals surface area (Å²) in [6.45, 7) is 1.89. The minimum absolute atomic E-state index is 0.145. The molecule has 0 spiro atoms. The van der Waals surface area contributed by atoms with Crippen molar-refractivity contribution in [1.82, 2.24) is 19.2 Å². The van der Waals surface area contributed by atoms with E-state index in [1.165, 1.54) is 0 Å². The zero-order valence-corrected chi connectivity index (χ0v) is 24.0. The monoisotopic (exact) mass is 586 g/mol. The number of carbonyl (C=O) groups is 1. The van der Waals surface area contributed by atoms with Gasteiger partial charge in [-0.3, -0.25) is 4.79 Å². The highest BCUT2D eigenvalue weighted by Gasteiger charge is 2.38. The lowest BCUT2D eigenvalue weighted by Crippen LogP contribution is -2.41. The number of benzene rings is 2. The van der Waals surface area contributed by atoms with Crippen molar-refractivity contribution in [3.63, 3.8) is 0 Å². The van der Waals surface area contributed by atoms with Crippen molar-refractivity contribution < 1.29 is 13.2 Å². The van der Waals surface area contributed by atoms with Gasteiger partial charge in [-0.1, -0.05) is 41.8 Å². The lowest BCUT2D eigenvalue weighted by atomic mass is 9.94. The average Bonchev–Trinajstić information content (AvgIpc) is 3.57. The number of sulfonamides is 1. The van der Waals surface area contributed by atoms with Gasteiger partial charge in [0, 0.05) is 53.8 Å². The van der Waals surface area contributed by atoms with Crippen molar-refractivity contribution in [2.45, 2.75) is 62.3 Å². The Balaban J connectivity index is 1.15. The third kappa shape index (κ3) is 5.24. The smallest absolute Gasteiger partial charge is 0.243 e. The van der Waals surface area contributed by atoms with Gasteiger partial charge in [0.25, 0.3) is 0 Å². The second kappa shape index (κ2) is 10.9. The minimum atomic E-state index is -3.49. The molecule has 1 N–H and O–H groups in total. The predicted molar refractivity (Wildman–Crippen MR) is 152 cm³/mol. The van der Waals surface area contributed by atoms with Crippen molar-refractivity contribution in [3.05, 3.63) is 69.7 Å². The number of H-pyrrole nitrogens is 1. The molecule has 0 saturated carbocycles. The fourth-order valence-electron chi connectivity index (χ4n) is 6.25. The highest BCUT2D eigenvalue weighted by molar-refractivity contribution is 7.89. The van der Waals surface area contributed by atoms with Crippen molar-refractivity contribution in [2.24, 2.45) is 5.92 Å². The number of imidazole rings is 1. The van der Waals surface area contributed by atoms with Crippen LogP contribution < -0.4 is 0 Å². The molecule has 39 heavy (non-hydrogen) atoms. The molecule has 2 fully saturated rings. The Bertz CT molecular complexity index is 1460. The Kier molecular flexibility index (Phi) is 7.48. The van der Waals surface area contributed by atoms with Crippen LogP contribution in [0.1, 0.15) is 49.1 Å². The van der Waals surface area contributed by atoms with Crippen LogP contribution in [0.2, 0.25) is 10.0 Å². The maximum atomic E-state index is 13.4. The van der Waals surface area contributed by atoms with E-state index in [2.05, 4.69) is 9.97 Å². The van der Waals surface area contributed by atoms with Crippen LogP contribution in [-0.2, 0) is 34.1 Å². The first-order chi connectivity index (χ1) is 18.8. The molecule has 3 aliphatic rings. The van der Waals surface area contributed by atoms with Gasteiger partial charge in [0.05, 0.1) is 16.9 Å². The van der Waals surface area contributed by atoms with Crippen LogP contribution in [-0.4, -0.2) is 59.2 Å². The number of piperidine rings is 1. The number of aromatic nitrogens is 2. The van der Waals surface area contributed by atoms with Crippen molar-refractivity contribution in [2.75, 3.05) is 19.6 Å². The standard InChI is InChI=1S/C29H32Cl2N4O3S/c30-25-15-21(19-4-7-23(8-5-19)39(37,38)34-11-2-1-3-12-34)16-26(31)24(25)14-20-10-13-35(29(20)36)22-6-9-27-28(17-22)33-18-32-27/h4-5,7-8,15-16,18,20,22H,1-3,6,9-14,17H2,(H,32,33). The molecule has 3 heterocycles. The Labute approximate surface area is 239 Å². The number of likely N-dealkylation sites (tertiary alicyclic amines) is 1. The summed E-state index contributed by atoms with van der Waals surface area (Å²) >= 11 is 13.4. The molecule has 2 aliphatic heterocycles. The molecule has 206 valence electrons. The van der Waals surface area contributed by atoms with Gasteiger partial charge in [-0.25, -0.2) is 13.4 Å². The molecule has 2 saturated heterocycles. The van der Waals surface area contributed by atoms with E-state index in [0.717, 1.165) is 79.6 Å². The summed E-state index contributed by atoms with van der Waals surface area (Å²) in [6, 6.07) is 10.8. The maximum Gasteiger partial charge on any atom is 0.243 e. The van der Waals surface area contributed by atoms with E-state index >= 15 is 0 Å². The molecule has 1 aliphatic carbocycles. The number of nitrogens with one attached hydrogen (secondary N) is 1. The summed E-state index contributed by atoms with van der Waals surface area (Å²) in [7, 11) is -3.49. The minimum Gasteiger partial charge on any atom is -0.348 e. The number of aryl methyl sites for hydroxylation is 1. The SMILES string of the molecule is O=C1C(Cc2c(Cl)cc(-c3ccc(S(=O)(=O)N4CCCCC4)cc3)cc2Cl)CCN1C1CCc2nc[nH]c2C1. The molecule has 10 heteroatoms. The number of nitrogens with zero attached hydrogens (tertiary/aromatic N) is 3. The largest absolute Gasteiger partial charge is 0.348 e. The molecule has 1 aromatic heterocycles. The first-order valence-electron chi connectivity index (χ1n) is 13.7. The highest BCUT2D eigenvalue weighted by Crippen LogP contribution is 2.37. The van der Waals surface area contributed by atoms with Crippen LogP contribution in [0.25, 0.3) is 11.1 Å². The van der Waals surface area contributed by atoms with Gasteiger partial charge < -0.3 is 9.88 Å². The maximum absolute atomic E-state index is 13.4. The third-order valence-electron chi connectivity index (χ3n) is 8.49. The third-order valence-corrected chi connectivity index (χ3v) is 11.1. The van der Waals surface area contributed by atoms with Gasteiger partial charge in [-0.05, 0) is 79.5 Å². The van der Waals surface area contributed by atoms with Gasteiger partial charge in [0.2, 0.25) is 15.9 Å². The second-order valence-corrected chi connectivity index (χ2v) is 13.6. The Morgan fingerprint density at radius 3 is 2.38 bits per heavy atom. The molecule has 2 unspecified atom stereocenters. The van der Waals surface area contributed by atoms with E-state index in [1.54, 1.807) is 34.9 Å². The quantitative estimate of drug-likeness (QED) is 0.413. The fraction of sp³-hybridized carbons (Fsp3) is 0.448. The Hall–Kier alpha value is -2.39. The van der Waals surface area contributed by atoms with Gasteiger partial charge >= 0.3 is 0 Å². The number of amides is 1. The lowest BCUT2D eigenvalue weighted by Gasteiger charge is -2.31. The number of aromatic amines is 1. The second-order valence-electron chi connectivity index (χ2n) is 10.9. The Morgan fingerprint density at radius 1 is 0.949 bits per heavy atom. The molecule has 6 rings (SSSR count). The lowest BCUT2D eigenvalue weighted by molar-refractivity contribution is -0.133. The number of halogens is 2. The topological polar surface area (TPSA) is 86.4 Å². The molecule has 7 nitrogen and oxygen atoms in total. The fourth-order valence-corrected chi connectivity index (χ4v) is 8.41. The van der Waals surface area contributed by atoms with Crippen molar-refractivity contribution in [1.29, 1.82) is 0 Å². The number of carbonyl (C=O) groups excluding carboxylic acids is 1. The molecule has 3 aromatic rings. The zero-order chi connectivity index (χ0) is 27.1. The Morgan fingerprint density at radius 2 is 1.67 bits per heavy atom. The average molecular weight is 588 g/mol. The number of hydrogen-bond donors (Lipinski definition) is 1.